The molecule has 1 aliphatic rings. The number of nitrogens with zero attached hydrogens (tertiary/aromatic N) is 2. The van der Waals surface area contributed by atoms with Crippen LogP contribution < -0.4 is 9.64 Å². The maximum Gasteiger partial charge on any atom is 0.303 e. The Balaban J connectivity index is 2.06. The molecule has 172 valence electrons. The summed E-state index contributed by atoms with van der Waals surface area (Å²) in [5.41, 5.74) is 1.62. The summed E-state index contributed by atoms with van der Waals surface area (Å²) in [6.07, 6.45) is -0.964. The Morgan fingerprint density at radius 2 is 1.84 bits per heavy atom. The summed E-state index contributed by atoms with van der Waals surface area (Å²) in [6.45, 7) is 8.47. The number of anilines is 1. The van der Waals surface area contributed by atoms with Gasteiger partial charge in [-0.25, -0.2) is 0 Å². The van der Waals surface area contributed by atoms with Crippen molar-refractivity contribution in [2.75, 3.05) is 38.2 Å². The molecular weight excluding hydrogens is 448 g/mol. The molecule has 1 amide bonds. The summed E-state index contributed by atoms with van der Waals surface area (Å²) >= 11 is 7.81. The van der Waals surface area contributed by atoms with Crippen LogP contribution in [0.4, 0.5) is 5.69 Å². The van der Waals surface area contributed by atoms with E-state index in [0.29, 0.717) is 18.1 Å². The van der Waals surface area contributed by atoms with Gasteiger partial charge >= 0.3 is 5.97 Å². The molecule has 0 unspecified atom stereocenters. The van der Waals surface area contributed by atoms with E-state index in [2.05, 4.69) is 18.7 Å². The van der Waals surface area contributed by atoms with E-state index in [0.717, 1.165) is 35.0 Å². The minimum atomic E-state index is -0.964. The van der Waals surface area contributed by atoms with Gasteiger partial charge in [0.25, 0.3) is 5.91 Å². The number of benzene rings is 2. The monoisotopic (exact) mass is 476 g/mol. The molecule has 3 rings (SSSR count). The Labute approximate surface area is 198 Å². The van der Waals surface area contributed by atoms with E-state index in [1.54, 1.807) is 12.0 Å². The van der Waals surface area contributed by atoms with Crippen LogP contribution in [-0.4, -0.2) is 56.2 Å². The van der Waals surface area contributed by atoms with Crippen molar-refractivity contribution >= 4 is 40.9 Å². The molecule has 0 saturated carbocycles. The van der Waals surface area contributed by atoms with Gasteiger partial charge in [0, 0.05) is 29.9 Å². The lowest BCUT2D eigenvalue weighted by Crippen LogP contribution is -2.45. The smallest absolute Gasteiger partial charge is 0.303 e. The topological polar surface area (TPSA) is 59.1 Å². The first kappa shape index (κ1) is 24.4. The predicted molar refractivity (Wildman–Crippen MR) is 129 cm³/mol. The molecule has 0 N–H and O–H groups in total. The van der Waals surface area contributed by atoms with Crippen molar-refractivity contribution in [3.05, 3.63) is 53.1 Å². The number of hydrogen-bond acceptors (Lipinski definition) is 6. The van der Waals surface area contributed by atoms with Crippen LogP contribution in [0.5, 0.6) is 5.75 Å². The zero-order valence-electron chi connectivity index (χ0n) is 18.8. The number of carbonyl (C=O) groups excluding carboxylic acids is 2. The molecule has 2 atom stereocenters. The number of carbonyl (C=O) groups is 2. The number of amides is 1. The molecule has 0 bridgehead atoms. The average Bonchev–Trinajstić information content (AvgIpc) is 2.89. The number of rotatable bonds is 8. The molecule has 0 saturated heterocycles. The van der Waals surface area contributed by atoms with Crippen molar-refractivity contribution in [3.63, 3.8) is 0 Å². The van der Waals surface area contributed by atoms with Crippen LogP contribution in [0, 0.1) is 0 Å². The fraction of sp³-hybridized carbons (Fsp3) is 0.417. The van der Waals surface area contributed by atoms with E-state index < -0.39 is 17.3 Å². The van der Waals surface area contributed by atoms with Crippen LogP contribution in [0.15, 0.2) is 47.4 Å². The minimum Gasteiger partial charge on any atom is -0.497 e. The van der Waals surface area contributed by atoms with Crippen molar-refractivity contribution in [2.24, 2.45) is 0 Å². The minimum absolute atomic E-state index is 0.248. The van der Waals surface area contributed by atoms with Crippen molar-refractivity contribution in [2.45, 2.75) is 37.0 Å². The molecular formula is C24H29ClN2O4S. The molecule has 0 fully saturated rings. The van der Waals surface area contributed by atoms with E-state index in [9.17, 15) is 9.59 Å². The molecule has 8 heteroatoms. The third kappa shape index (κ3) is 5.57. The third-order valence-electron chi connectivity index (χ3n) is 5.52. The quantitative estimate of drug-likeness (QED) is 0.510. The lowest BCUT2D eigenvalue weighted by molar-refractivity contribution is -0.152. The number of fused-ring (bicyclic) bond motifs is 1. The second-order valence-corrected chi connectivity index (χ2v) is 9.09. The zero-order chi connectivity index (χ0) is 23.3. The highest BCUT2D eigenvalue weighted by atomic mass is 35.5. The number of likely N-dealkylation sites (N-methyl/N-ethyl adjacent to an activating group) is 1. The fourth-order valence-corrected chi connectivity index (χ4v) is 5.21. The van der Waals surface area contributed by atoms with E-state index in [4.69, 9.17) is 21.1 Å². The summed E-state index contributed by atoms with van der Waals surface area (Å²) in [5.74, 6) is -0.0207. The number of ether oxygens (including phenoxy) is 2. The highest BCUT2D eigenvalue weighted by Gasteiger charge is 2.41. The first-order chi connectivity index (χ1) is 15.4. The van der Waals surface area contributed by atoms with E-state index in [1.807, 2.05) is 42.5 Å². The molecule has 1 aliphatic heterocycles. The number of thioether (sulfide) groups is 1. The van der Waals surface area contributed by atoms with Crippen molar-refractivity contribution < 1.29 is 19.1 Å². The van der Waals surface area contributed by atoms with Crippen LogP contribution in [0.3, 0.4) is 0 Å². The Morgan fingerprint density at radius 1 is 1.16 bits per heavy atom. The van der Waals surface area contributed by atoms with Crippen molar-refractivity contribution in [1.82, 2.24) is 4.90 Å². The van der Waals surface area contributed by atoms with Crippen LogP contribution >= 0.6 is 23.4 Å². The first-order valence-corrected chi connectivity index (χ1v) is 11.9. The van der Waals surface area contributed by atoms with Gasteiger partial charge in [-0.15, -0.1) is 11.8 Å². The maximum atomic E-state index is 13.8. The van der Waals surface area contributed by atoms with Gasteiger partial charge in [-0.1, -0.05) is 37.6 Å². The Hall–Kier alpha value is -2.22. The highest BCUT2D eigenvalue weighted by molar-refractivity contribution is 7.99. The molecule has 2 aromatic carbocycles. The summed E-state index contributed by atoms with van der Waals surface area (Å²) in [7, 11) is 1.61. The van der Waals surface area contributed by atoms with Gasteiger partial charge in [0.1, 0.15) is 5.75 Å². The summed E-state index contributed by atoms with van der Waals surface area (Å²) < 4.78 is 10.9. The predicted octanol–water partition coefficient (Wildman–Crippen LogP) is 4.80. The van der Waals surface area contributed by atoms with Gasteiger partial charge in [-0.2, -0.15) is 0 Å². The molecule has 0 aliphatic carbocycles. The van der Waals surface area contributed by atoms with Crippen LogP contribution in [0.1, 0.15) is 31.6 Å². The SMILES string of the molecule is CCN(CC)CCN1C(=O)[C@@H](OC(C)=O)[C@@H](c2ccc(OC)cc2)Sc2ccc(Cl)cc21. The zero-order valence-corrected chi connectivity index (χ0v) is 20.4. The van der Waals surface area contributed by atoms with Gasteiger partial charge in [-0.3, -0.25) is 9.59 Å². The summed E-state index contributed by atoms with van der Waals surface area (Å²) in [5, 5.41) is 0.146. The Bertz CT molecular complexity index is 950. The second kappa shape index (κ2) is 11.1. The number of esters is 1. The molecule has 6 nitrogen and oxygen atoms in total. The number of hydrogen-bond donors (Lipinski definition) is 0. The van der Waals surface area contributed by atoms with Crippen LogP contribution in [0.25, 0.3) is 0 Å². The molecule has 1 heterocycles. The number of halogens is 1. The lowest BCUT2D eigenvalue weighted by Gasteiger charge is -2.29. The van der Waals surface area contributed by atoms with Crippen molar-refractivity contribution in [1.29, 1.82) is 0 Å². The van der Waals surface area contributed by atoms with Gasteiger partial charge in [0.05, 0.1) is 18.0 Å². The van der Waals surface area contributed by atoms with Gasteiger partial charge in [0.15, 0.2) is 6.10 Å². The molecule has 0 radical (unpaired) electrons. The fourth-order valence-electron chi connectivity index (χ4n) is 3.74. The van der Waals surface area contributed by atoms with Crippen LogP contribution in [0.2, 0.25) is 5.02 Å². The standard InChI is InChI=1S/C24H29ClN2O4S/c1-5-26(6-2)13-14-27-20-15-18(25)9-12-21(20)32-23(22(24(27)29)31-16(3)28)17-7-10-19(30-4)11-8-17/h7-12,15,22-23H,5-6,13-14H2,1-4H3/t22-,23+/m0/s1. The second-order valence-electron chi connectivity index (χ2n) is 7.47. The number of methoxy groups -OCH3 is 1. The summed E-state index contributed by atoms with van der Waals surface area (Å²) in [4.78, 5) is 30.7. The maximum absolute atomic E-state index is 13.8. The largest absolute Gasteiger partial charge is 0.497 e. The Morgan fingerprint density at radius 3 is 2.44 bits per heavy atom. The van der Waals surface area contributed by atoms with Crippen LogP contribution in [-0.2, 0) is 14.3 Å². The van der Waals surface area contributed by atoms with Crippen molar-refractivity contribution in [3.8, 4) is 5.75 Å². The van der Waals surface area contributed by atoms with E-state index in [1.165, 1.54) is 18.7 Å². The highest BCUT2D eigenvalue weighted by Crippen LogP contribution is 2.47. The Kier molecular flexibility index (Phi) is 8.45. The molecule has 0 spiro atoms. The van der Waals surface area contributed by atoms with Gasteiger partial charge in [0.2, 0.25) is 0 Å². The van der Waals surface area contributed by atoms with E-state index >= 15 is 0 Å². The average molecular weight is 477 g/mol. The van der Waals surface area contributed by atoms with Gasteiger partial charge in [-0.05, 0) is 49.0 Å². The molecule has 32 heavy (non-hydrogen) atoms. The molecule has 0 aromatic heterocycles. The summed E-state index contributed by atoms with van der Waals surface area (Å²) in [6, 6.07) is 13.0. The third-order valence-corrected chi connectivity index (χ3v) is 7.13. The normalized spacial score (nSPS) is 18.3. The lowest BCUT2D eigenvalue weighted by atomic mass is 10.1. The van der Waals surface area contributed by atoms with E-state index in [-0.39, 0.29) is 5.91 Å². The first-order valence-electron chi connectivity index (χ1n) is 10.7. The molecule has 2 aromatic rings. The van der Waals surface area contributed by atoms with Gasteiger partial charge < -0.3 is 19.3 Å².